The Morgan fingerprint density at radius 2 is 2.12 bits per heavy atom. The number of unbranched alkanes of at least 4 members (excludes halogenated alkanes) is 1. The predicted octanol–water partition coefficient (Wildman–Crippen LogP) is 1.63. The number of urea groups is 1. The lowest BCUT2D eigenvalue weighted by molar-refractivity contribution is -0.120. The van der Waals surface area contributed by atoms with Gasteiger partial charge in [-0.15, -0.1) is 12.4 Å². The number of nitrogens with zero attached hydrogens (tertiary/aromatic N) is 1. The van der Waals surface area contributed by atoms with E-state index in [1.54, 1.807) is 18.2 Å². The number of nitrogens with two attached hydrogens (primary N) is 1. The van der Waals surface area contributed by atoms with Gasteiger partial charge in [0.25, 0.3) is 0 Å². The summed E-state index contributed by atoms with van der Waals surface area (Å²) in [4.78, 5) is 36.5. The minimum Gasteiger partial charge on any atom is -0.494 e. The van der Waals surface area contributed by atoms with Crippen LogP contribution in [0, 0.1) is 0 Å². The topological polar surface area (TPSA) is 114 Å². The van der Waals surface area contributed by atoms with Crippen LogP contribution in [-0.2, 0) is 9.59 Å². The Balaban J connectivity index is 0.00000312. The minimum absolute atomic E-state index is 0. The molecule has 8 nitrogen and oxygen atoms in total. The van der Waals surface area contributed by atoms with Crippen LogP contribution in [0.25, 0.3) is 0 Å². The lowest BCUT2D eigenvalue weighted by atomic mass is 10.2. The summed E-state index contributed by atoms with van der Waals surface area (Å²) in [6, 6.07) is 4.55. The number of methoxy groups -OCH3 is 1. The molecule has 1 aliphatic heterocycles. The van der Waals surface area contributed by atoms with Crippen molar-refractivity contribution in [2.45, 2.75) is 25.7 Å². The number of anilines is 2. The maximum absolute atomic E-state index is 11.9. The molecule has 1 aliphatic rings. The summed E-state index contributed by atoms with van der Waals surface area (Å²) in [6.45, 7) is 0.849. The summed E-state index contributed by atoms with van der Waals surface area (Å²) < 4.78 is 5.32. The van der Waals surface area contributed by atoms with Gasteiger partial charge in [0.05, 0.1) is 12.8 Å². The first kappa shape index (κ1) is 20.7. The van der Waals surface area contributed by atoms with E-state index in [0.717, 1.165) is 12.8 Å². The molecule has 1 aromatic carbocycles. The molecular formula is C16H23ClN4O4. The van der Waals surface area contributed by atoms with E-state index < -0.39 is 6.03 Å². The monoisotopic (exact) mass is 370 g/mol. The number of imide groups is 1. The maximum Gasteiger partial charge on any atom is 0.328 e. The van der Waals surface area contributed by atoms with Crippen LogP contribution in [0.5, 0.6) is 5.75 Å². The third-order valence-corrected chi connectivity index (χ3v) is 3.67. The number of amides is 4. The number of halogens is 1. The number of benzene rings is 1. The van der Waals surface area contributed by atoms with Crippen molar-refractivity contribution in [1.82, 2.24) is 5.32 Å². The van der Waals surface area contributed by atoms with Crippen LogP contribution < -0.4 is 26.0 Å². The predicted molar refractivity (Wildman–Crippen MR) is 97.3 cm³/mol. The summed E-state index contributed by atoms with van der Waals surface area (Å²) in [5.41, 5.74) is 6.54. The number of carbonyl (C=O) groups is 3. The van der Waals surface area contributed by atoms with E-state index in [9.17, 15) is 14.4 Å². The van der Waals surface area contributed by atoms with Gasteiger partial charge in [-0.05, 0) is 31.5 Å². The molecule has 1 heterocycles. The Bertz CT molecular complexity index is 639. The highest BCUT2D eigenvalue weighted by molar-refractivity contribution is 6.06. The number of nitrogens with one attached hydrogen (secondary N) is 2. The molecule has 2 rings (SSSR count). The second kappa shape index (κ2) is 9.85. The molecule has 0 aliphatic carbocycles. The van der Waals surface area contributed by atoms with E-state index in [0.29, 0.717) is 30.1 Å². The van der Waals surface area contributed by atoms with Gasteiger partial charge in [-0.25, -0.2) is 4.79 Å². The van der Waals surface area contributed by atoms with E-state index in [-0.39, 0.29) is 37.2 Å². The molecule has 0 atom stereocenters. The second-order valence-electron chi connectivity index (χ2n) is 5.44. The number of hydrogen-bond acceptors (Lipinski definition) is 5. The van der Waals surface area contributed by atoms with Crippen LogP contribution in [0.15, 0.2) is 18.2 Å². The first-order chi connectivity index (χ1) is 11.5. The Morgan fingerprint density at radius 1 is 1.36 bits per heavy atom. The fourth-order valence-electron chi connectivity index (χ4n) is 2.43. The second-order valence-corrected chi connectivity index (χ2v) is 5.44. The summed E-state index contributed by atoms with van der Waals surface area (Å²) in [5.74, 6) is 0.0513. The molecule has 0 saturated carbocycles. The minimum atomic E-state index is -0.483. The molecule has 1 fully saturated rings. The SMILES string of the molecule is COc1cc(NC(=O)CCCCN)ccc1N1CCC(=O)NC1=O.Cl. The molecular weight excluding hydrogens is 348 g/mol. The van der Waals surface area contributed by atoms with Crippen LogP contribution in [0.4, 0.5) is 16.2 Å². The van der Waals surface area contributed by atoms with Crippen LogP contribution in [0.1, 0.15) is 25.7 Å². The van der Waals surface area contributed by atoms with Crippen LogP contribution in [0.2, 0.25) is 0 Å². The van der Waals surface area contributed by atoms with Crippen LogP contribution in [-0.4, -0.2) is 38.0 Å². The van der Waals surface area contributed by atoms with E-state index in [4.69, 9.17) is 10.5 Å². The van der Waals surface area contributed by atoms with Crippen molar-refractivity contribution in [2.24, 2.45) is 5.73 Å². The molecule has 1 saturated heterocycles. The fraction of sp³-hybridized carbons (Fsp3) is 0.438. The van der Waals surface area contributed by atoms with Gasteiger partial charge in [0, 0.05) is 31.1 Å². The van der Waals surface area contributed by atoms with E-state index in [2.05, 4.69) is 10.6 Å². The average molecular weight is 371 g/mol. The molecule has 25 heavy (non-hydrogen) atoms. The van der Waals surface area contributed by atoms with Crippen molar-refractivity contribution in [3.05, 3.63) is 18.2 Å². The van der Waals surface area contributed by atoms with Gasteiger partial charge in [0.2, 0.25) is 11.8 Å². The lowest BCUT2D eigenvalue weighted by Crippen LogP contribution is -2.49. The van der Waals surface area contributed by atoms with Gasteiger partial charge in [0.1, 0.15) is 5.75 Å². The number of ether oxygens (including phenoxy) is 1. The third kappa shape index (κ3) is 5.61. The molecule has 0 spiro atoms. The highest BCUT2D eigenvalue weighted by atomic mass is 35.5. The van der Waals surface area contributed by atoms with Gasteiger partial charge >= 0.3 is 6.03 Å². The van der Waals surface area contributed by atoms with Crippen molar-refractivity contribution in [2.75, 3.05) is 30.4 Å². The molecule has 9 heteroatoms. The van der Waals surface area contributed by atoms with Crippen molar-refractivity contribution in [3.63, 3.8) is 0 Å². The number of rotatable bonds is 7. The summed E-state index contributed by atoms with van der Waals surface area (Å²) in [6.07, 6.45) is 2.17. The van der Waals surface area contributed by atoms with Gasteiger partial charge in [-0.1, -0.05) is 0 Å². The van der Waals surface area contributed by atoms with Crippen molar-refractivity contribution < 1.29 is 19.1 Å². The quantitative estimate of drug-likeness (QED) is 0.631. The highest BCUT2D eigenvalue weighted by Crippen LogP contribution is 2.32. The molecule has 138 valence electrons. The van der Waals surface area contributed by atoms with Gasteiger partial charge in [-0.2, -0.15) is 0 Å². The molecule has 0 bridgehead atoms. The normalized spacial score (nSPS) is 13.8. The van der Waals surface area contributed by atoms with Crippen LogP contribution >= 0.6 is 12.4 Å². The average Bonchev–Trinajstić information content (AvgIpc) is 2.55. The lowest BCUT2D eigenvalue weighted by Gasteiger charge is -2.28. The van der Waals surface area contributed by atoms with E-state index in [1.807, 2.05) is 0 Å². The van der Waals surface area contributed by atoms with Crippen molar-refractivity contribution in [3.8, 4) is 5.75 Å². The highest BCUT2D eigenvalue weighted by Gasteiger charge is 2.26. The Morgan fingerprint density at radius 3 is 2.76 bits per heavy atom. The summed E-state index contributed by atoms with van der Waals surface area (Å²) in [7, 11) is 1.48. The standard InChI is InChI=1S/C16H22N4O4.ClH/c1-24-13-10-11(18-14(21)4-2-3-8-17)5-6-12(13)20-9-7-15(22)19-16(20)23;/h5-6,10H,2-4,7-9,17H2,1H3,(H,18,21)(H,19,22,23);1H. The summed E-state index contributed by atoms with van der Waals surface area (Å²) in [5, 5.41) is 5.06. The maximum atomic E-state index is 11.9. The fourth-order valence-corrected chi connectivity index (χ4v) is 2.43. The Kier molecular flexibility index (Phi) is 8.17. The van der Waals surface area contributed by atoms with Crippen molar-refractivity contribution in [1.29, 1.82) is 0 Å². The zero-order valence-corrected chi connectivity index (χ0v) is 14.9. The van der Waals surface area contributed by atoms with Crippen LogP contribution in [0.3, 0.4) is 0 Å². The zero-order chi connectivity index (χ0) is 17.5. The Hall–Kier alpha value is -2.32. The van der Waals surface area contributed by atoms with Gasteiger partial charge in [0.15, 0.2) is 0 Å². The first-order valence-corrected chi connectivity index (χ1v) is 7.84. The molecule has 0 aromatic heterocycles. The van der Waals surface area contributed by atoms with E-state index in [1.165, 1.54) is 12.0 Å². The molecule has 4 N–H and O–H groups in total. The third-order valence-electron chi connectivity index (χ3n) is 3.67. The summed E-state index contributed by atoms with van der Waals surface area (Å²) >= 11 is 0. The van der Waals surface area contributed by atoms with Gasteiger partial charge < -0.3 is 15.8 Å². The molecule has 0 radical (unpaired) electrons. The van der Waals surface area contributed by atoms with Crippen molar-refractivity contribution >= 4 is 41.6 Å². The number of carbonyl (C=O) groups excluding carboxylic acids is 3. The van der Waals surface area contributed by atoms with Gasteiger partial charge in [-0.3, -0.25) is 19.8 Å². The largest absolute Gasteiger partial charge is 0.494 e. The zero-order valence-electron chi connectivity index (χ0n) is 14.0. The first-order valence-electron chi connectivity index (χ1n) is 7.84. The molecule has 0 unspecified atom stereocenters. The molecule has 1 aromatic rings. The molecule has 4 amide bonds. The number of hydrogen-bond donors (Lipinski definition) is 3. The smallest absolute Gasteiger partial charge is 0.328 e. The van der Waals surface area contributed by atoms with E-state index >= 15 is 0 Å². The Labute approximate surface area is 152 Å².